The summed E-state index contributed by atoms with van der Waals surface area (Å²) in [4.78, 5) is 37.6. The van der Waals surface area contributed by atoms with Crippen molar-refractivity contribution in [3.63, 3.8) is 0 Å². The number of fused-ring (bicyclic) bond motifs is 3. The first-order valence-corrected chi connectivity index (χ1v) is 10.9. The molecule has 2 saturated carbocycles. The third-order valence-corrected chi connectivity index (χ3v) is 8.44. The smallest absolute Gasteiger partial charge is 0.303 e. The van der Waals surface area contributed by atoms with Crippen LogP contribution in [0.15, 0.2) is 23.3 Å². The molecular formula is C24H32O7. The SMILES string of the molecule is CC(=O)OCC1=C[C@@H]2C(=O)[C@]3(C=C(C)[C@H](OC(C)=O)[C@@]3(O)[C@@H]1O)[C@H](C)C[C@@H]1[C@H]2C1(C)C. The Kier molecular flexibility index (Phi) is 4.84. The van der Waals surface area contributed by atoms with E-state index in [1.807, 2.05) is 6.92 Å². The van der Waals surface area contributed by atoms with Crippen molar-refractivity contribution in [1.82, 2.24) is 0 Å². The van der Waals surface area contributed by atoms with Crippen molar-refractivity contribution in [2.75, 3.05) is 6.61 Å². The molecule has 0 unspecified atom stereocenters. The molecule has 0 saturated heterocycles. The molecule has 170 valence electrons. The van der Waals surface area contributed by atoms with E-state index in [1.54, 1.807) is 19.1 Å². The van der Waals surface area contributed by atoms with Crippen LogP contribution in [0.2, 0.25) is 0 Å². The minimum atomic E-state index is -2.08. The minimum absolute atomic E-state index is 0.0424. The Hall–Kier alpha value is -1.99. The second-order valence-electron chi connectivity index (χ2n) is 10.5. The van der Waals surface area contributed by atoms with E-state index in [0.717, 1.165) is 6.42 Å². The molecule has 0 aliphatic heterocycles. The maximum absolute atomic E-state index is 14.2. The molecule has 7 heteroatoms. The van der Waals surface area contributed by atoms with Crippen LogP contribution in [0.1, 0.15) is 48.0 Å². The van der Waals surface area contributed by atoms with Crippen LogP contribution in [0.25, 0.3) is 0 Å². The lowest BCUT2D eigenvalue weighted by molar-refractivity contribution is -0.202. The number of carbonyl (C=O) groups excluding carboxylic acids is 3. The molecule has 0 aromatic rings. The molecular weight excluding hydrogens is 400 g/mol. The van der Waals surface area contributed by atoms with Gasteiger partial charge < -0.3 is 19.7 Å². The number of carbonyl (C=O) groups is 3. The number of allylic oxidation sites excluding steroid dienone is 1. The molecule has 7 nitrogen and oxygen atoms in total. The highest BCUT2D eigenvalue weighted by Gasteiger charge is 2.76. The number of aliphatic hydroxyl groups is 2. The van der Waals surface area contributed by atoms with Crippen LogP contribution in [-0.4, -0.2) is 52.4 Å². The molecule has 0 aromatic carbocycles. The van der Waals surface area contributed by atoms with Crippen molar-refractivity contribution in [1.29, 1.82) is 0 Å². The van der Waals surface area contributed by atoms with Gasteiger partial charge in [-0.1, -0.05) is 32.9 Å². The summed E-state index contributed by atoms with van der Waals surface area (Å²) in [6, 6.07) is 0. The number of rotatable bonds is 3. The Balaban J connectivity index is 1.93. The largest absolute Gasteiger partial charge is 0.461 e. The van der Waals surface area contributed by atoms with Crippen LogP contribution in [0.4, 0.5) is 0 Å². The fourth-order valence-corrected chi connectivity index (χ4v) is 6.93. The molecule has 8 atom stereocenters. The number of ether oxygens (including phenoxy) is 2. The maximum atomic E-state index is 14.2. The van der Waals surface area contributed by atoms with Gasteiger partial charge in [0.15, 0.2) is 17.5 Å². The van der Waals surface area contributed by atoms with E-state index in [0.29, 0.717) is 11.5 Å². The van der Waals surface area contributed by atoms with Crippen LogP contribution < -0.4 is 0 Å². The van der Waals surface area contributed by atoms with E-state index in [2.05, 4.69) is 13.8 Å². The van der Waals surface area contributed by atoms with Gasteiger partial charge in [-0.05, 0) is 47.7 Å². The van der Waals surface area contributed by atoms with Gasteiger partial charge in [-0.3, -0.25) is 14.4 Å². The number of hydrogen-bond donors (Lipinski definition) is 2. The Labute approximate surface area is 182 Å². The molecule has 2 bridgehead atoms. The third-order valence-electron chi connectivity index (χ3n) is 8.44. The Bertz CT molecular complexity index is 915. The Morgan fingerprint density at radius 3 is 2.45 bits per heavy atom. The topological polar surface area (TPSA) is 110 Å². The summed E-state index contributed by atoms with van der Waals surface area (Å²) < 4.78 is 10.7. The zero-order chi connectivity index (χ0) is 23.1. The molecule has 4 aliphatic rings. The first-order valence-electron chi connectivity index (χ1n) is 10.9. The fraction of sp³-hybridized carbons (Fsp3) is 0.708. The van der Waals surface area contributed by atoms with Crippen molar-refractivity contribution in [2.24, 2.45) is 34.5 Å². The van der Waals surface area contributed by atoms with Crippen molar-refractivity contribution in [2.45, 2.75) is 65.8 Å². The molecule has 0 heterocycles. The predicted octanol–water partition coefficient (Wildman–Crippen LogP) is 1.96. The standard InChI is InChI=1S/C24H32O7/c1-11-9-23-12(2)7-17-18(22(17,5)6)16(20(23)28)8-15(10-30-13(3)25)19(27)24(23,29)21(11)31-14(4)26/h8-9,12,16-19,21,27,29H,7,10H2,1-6H3/t12-,16+,17-,18+,19-,21+,23+,24+/m1/s1. The van der Waals surface area contributed by atoms with E-state index in [4.69, 9.17) is 9.47 Å². The van der Waals surface area contributed by atoms with Gasteiger partial charge in [0.2, 0.25) is 0 Å². The highest BCUT2D eigenvalue weighted by molar-refractivity contribution is 5.95. The maximum Gasteiger partial charge on any atom is 0.303 e. The average molecular weight is 433 g/mol. The monoisotopic (exact) mass is 432 g/mol. The van der Waals surface area contributed by atoms with Gasteiger partial charge in [0, 0.05) is 19.8 Å². The quantitative estimate of drug-likeness (QED) is 0.518. The molecule has 2 N–H and O–H groups in total. The molecule has 2 fully saturated rings. The molecule has 1 spiro atoms. The third kappa shape index (κ3) is 2.75. The van der Waals surface area contributed by atoms with Crippen molar-refractivity contribution in [3.05, 3.63) is 23.3 Å². The number of aliphatic hydroxyl groups excluding tert-OH is 1. The lowest BCUT2D eigenvalue weighted by atomic mass is 9.59. The molecule has 0 amide bonds. The minimum Gasteiger partial charge on any atom is -0.461 e. The van der Waals surface area contributed by atoms with E-state index >= 15 is 0 Å². The van der Waals surface area contributed by atoms with Gasteiger partial charge in [-0.25, -0.2) is 0 Å². The molecule has 0 aromatic heterocycles. The van der Waals surface area contributed by atoms with E-state index in [-0.39, 0.29) is 35.2 Å². The Morgan fingerprint density at radius 1 is 1.23 bits per heavy atom. The summed E-state index contributed by atoms with van der Waals surface area (Å²) in [7, 11) is 0. The summed E-state index contributed by atoms with van der Waals surface area (Å²) in [6.07, 6.45) is 1.43. The van der Waals surface area contributed by atoms with Gasteiger partial charge in [0.05, 0.1) is 5.41 Å². The van der Waals surface area contributed by atoms with E-state index in [9.17, 15) is 24.6 Å². The van der Waals surface area contributed by atoms with Crippen LogP contribution in [0, 0.1) is 34.5 Å². The van der Waals surface area contributed by atoms with Crippen LogP contribution in [0.5, 0.6) is 0 Å². The van der Waals surface area contributed by atoms with E-state index in [1.165, 1.54) is 13.8 Å². The molecule has 0 radical (unpaired) electrons. The van der Waals surface area contributed by atoms with Crippen LogP contribution in [0.3, 0.4) is 0 Å². The van der Waals surface area contributed by atoms with Gasteiger partial charge in [0.1, 0.15) is 12.7 Å². The number of Topliss-reactive ketones (excluding diaryl/α,β-unsaturated/α-hetero) is 1. The summed E-state index contributed by atoms with van der Waals surface area (Å²) in [5.41, 5.74) is -2.72. The first kappa shape index (κ1) is 22.2. The van der Waals surface area contributed by atoms with Crippen molar-refractivity contribution >= 4 is 17.7 Å². The lowest BCUT2D eigenvalue weighted by Crippen LogP contribution is -2.65. The van der Waals surface area contributed by atoms with Gasteiger partial charge >= 0.3 is 11.9 Å². The van der Waals surface area contributed by atoms with E-state index < -0.39 is 41.1 Å². The molecule has 4 rings (SSSR count). The van der Waals surface area contributed by atoms with Gasteiger partial charge in [-0.15, -0.1) is 0 Å². The predicted molar refractivity (Wildman–Crippen MR) is 110 cm³/mol. The zero-order valence-electron chi connectivity index (χ0n) is 19.0. The van der Waals surface area contributed by atoms with Crippen LogP contribution in [-0.2, 0) is 23.9 Å². The summed E-state index contributed by atoms with van der Waals surface area (Å²) in [5, 5.41) is 23.7. The number of ketones is 1. The molecule has 31 heavy (non-hydrogen) atoms. The van der Waals surface area contributed by atoms with Gasteiger partial charge in [-0.2, -0.15) is 0 Å². The normalized spacial score (nSPS) is 44.7. The van der Waals surface area contributed by atoms with Crippen molar-refractivity contribution < 1.29 is 34.1 Å². The fourth-order valence-electron chi connectivity index (χ4n) is 6.93. The first-order chi connectivity index (χ1) is 14.3. The number of esters is 2. The highest BCUT2D eigenvalue weighted by Crippen LogP contribution is 2.71. The van der Waals surface area contributed by atoms with Crippen LogP contribution >= 0.6 is 0 Å². The average Bonchev–Trinajstić information content (AvgIpc) is 3.15. The summed E-state index contributed by atoms with van der Waals surface area (Å²) in [6.45, 7) is 10.2. The summed E-state index contributed by atoms with van der Waals surface area (Å²) in [5.74, 6) is -1.74. The van der Waals surface area contributed by atoms with Crippen molar-refractivity contribution in [3.8, 4) is 0 Å². The molecule has 4 aliphatic carbocycles. The number of hydrogen-bond acceptors (Lipinski definition) is 7. The summed E-state index contributed by atoms with van der Waals surface area (Å²) >= 11 is 0. The second-order valence-corrected chi connectivity index (χ2v) is 10.5. The zero-order valence-corrected chi connectivity index (χ0v) is 19.0. The second kappa shape index (κ2) is 6.75. The lowest BCUT2D eigenvalue weighted by Gasteiger charge is -2.48. The Morgan fingerprint density at radius 2 is 1.87 bits per heavy atom. The highest BCUT2D eigenvalue weighted by atomic mass is 16.6. The van der Waals surface area contributed by atoms with Gasteiger partial charge in [0.25, 0.3) is 0 Å².